The lowest BCUT2D eigenvalue weighted by Crippen LogP contribution is -2.18. The number of hydrogen-bond acceptors (Lipinski definition) is 2. The monoisotopic (exact) mass is 391 g/mol. The zero-order valence-corrected chi connectivity index (χ0v) is 13.7. The van der Waals surface area contributed by atoms with E-state index in [-0.39, 0.29) is 11.9 Å². The minimum absolute atomic E-state index is 0.187. The average molecular weight is 393 g/mol. The zero-order valence-electron chi connectivity index (χ0n) is 9.71. The highest BCUT2D eigenvalue weighted by molar-refractivity contribution is 9.11. The second-order valence-corrected chi connectivity index (χ2v) is 7.33. The Labute approximate surface area is 127 Å². The molecule has 0 bridgehead atoms. The second kappa shape index (κ2) is 6.28. The van der Waals surface area contributed by atoms with Crippen molar-refractivity contribution in [3.63, 3.8) is 0 Å². The van der Waals surface area contributed by atoms with Gasteiger partial charge in [0.2, 0.25) is 0 Å². The molecule has 96 valence electrons. The van der Waals surface area contributed by atoms with E-state index in [2.05, 4.69) is 43.2 Å². The van der Waals surface area contributed by atoms with Gasteiger partial charge in [0, 0.05) is 17.3 Å². The molecular formula is C13H12Br2FNS. The topological polar surface area (TPSA) is 12.0 Å². The molecule has 0 spiro atoms. The Hall–Kier alpha value is -0.230. The van der Waals surface area contributed by atoms with Crippen LogP contribution in [0.4, 0.5) is 4.39 Å². The molecule has 0 saturated heterocycles. The van der Waals surface area contributed by atoms with Crippen LogP contribution in [0.2, 0.25) is 0 Å². The molecular weight excluding hydrogens is 381 g/mol. The van der Waals surface area contributed by atoms with E-state index in [1.807, 2.05) is 25.2 Å². The Balaban J connectivity index is 2.19. The molecule has 1 heterocycles. The van der Waals surface area contributed by atoms with Crippen LogP contribution in [-0.4, -0.2) is 7.05 Å². The smallest absolute Gasteiger partial charge is 0.137 e. The van der Waals surface area contributed by atoms with Crippen LogP contribution in [0.25, 0.3) is 0 Å². The van der Waals surface area contributed by atoms with Crippen molar-refractivity contribution >= 4 is 43.2 Å². The molecule has 0 fully saturated rings. The van der Waals surface area contributed by atoms with Gasteiger partial charge in [0.1, 0.15) is 5.82 Å². The first-order chi connectivity index (χ1) is 8.60. The van der Waals surface area contributed by atoms with Crippen molar-refractivity contribution in [2.24, 2.45) is 0 Å². The summed E-state index contributed by atoms with van der Waals surface area (Å²) in [4.78, 5) is 1.29. The maximum atomic E-state index is 13.2. The number of benzene rings is 1. The summed E-state index contributed by atoms with van der Waals surface area (Å²) < 4.78 is 14.9. The lowest BCUT2D eigenvalue weighted by molar-refractivity contribution is 0.587. The molecule has 0 aliphatic rings. The minimum Gasteiger partial charge on any atom is -0.313 e. The van der Waals surface area contributed by atoms with Gasteiger partial charge in [-0.3, -0.25) is 0 Å². The van der Waals surface area contributed by atoms with E-state index in [1.54, 1.807) is 11.3 Å². The third kappa shape index (κ3) is 3.41. The molecule has 18 heavy (non-hydrogen) atoms. The lowest BCUT2D eigenvalue weighted by Gasteiger charge is -2.16. The first-order valence-electron chi connectivity index (χ1n) is 5.46. The molecule has 1 aromatic heterocycles. The van der Waals surface area contributed by atoms with Crippen molar-refractivity contribution in [3.8, 4) is 0 Å². The van der Waals surface area contributed by atoms with Crippen molar-refractivity contribution in [2.75, 3.05) is 7.05 Å². The fourth-order valence-corrected chi connectivity index (χ4v) is 3.70. The van der Waals surface area contributed by atoms with E-state index in [0.717, 1.165) is 15.8 Å². The SMILES string of the molecule is CNC(Cc1ccc(Br)s1)c1ccc(F)c(Br)c1. The molecule has 0 amide bonds. The van der Waals surface area contributed by atoms with Crippen LogP contribution in [0.3, 0.4) is 0 Å². The maximum absolute atomic E-state index is 13.2. The summed E-state index contributed by atoms with van der Waals surface area (Å²) in [5, 5.41) is 3.27. The highest BCUT2D eigenvalue weighted by Gasteiger charge is 2.13. The maximum Gasteiger partial charge on any atom is 0.137 e. The fourth-order valence-electron chi connectivity index (χ4n) is 1.78. The van der Waals surface area contributed by atoms with Crippen LogP contribution in [0.15, 0.2) is 38.6 Å². The first-order valence-corrected chi connectivity index (χ1v) is 7.87. The van der Waals surface area contributed by atoms with E-state index in [0.29, 0.717) is 4.47 Å². The summed E-state index contributed by atoms with van der Waals surface area (Å²) in [5.74, 6) is -0.229. The first kappa shape index (κ1) is 14.2. The van der Waals surface area contributed by atoms with E-state index in [9.17, 15) is 4.39 Å². The van der Waals surface area contributed by atoms with Crippen LogP contribution in [-0.2, 0) is 6.42 Å². The molecule has 0 saturated carbocycles. The number of thiophene rings is 1. The standard InChI is InChI=1S/C13H12Br2FNS/c1-17-12(7-9-3-5-13(15)18-9)8-2-4-11(16)10(14)6-8/h2-6,12,17H,7H2,1H3. The van der Waals surface area contributed by atoms with Crippen LogP contribution in [0.1, 0.15) is 16.5 Å². The van der Waals surface area contributed by atoms with Crippen molar-refractivity contribution < 1.29 is 4.39 Å². The molecule has 1 nitrogen and oxygen atoms in total. The van der Waals surface area contributed by atoms with Gasteiger partial charge in [-0.1, -0.05) is 6.07 Å². The van der Waals surface area contributed by atoms with Gasteiger partial charge in [0.15, 0.2) is 0 Å². The molecule has 1 unspecified atom stereocenters. The Kier molecular flexibility index (Phi) is 4.95. The van der Waals surface area contributed by atoms with Gasteiger partial charge in [-0.15, -0.1) is 11.3 Å². The van der Waals surface area contributed by atoms with Crippen molar-refractivity contribution in [3.05, 3.63) is 54.8 Å². The van der Waals surface area contributed by atoms with Gasteiger partial charge in [0.05, 0.1) is 8.26 Å². The summed E-state index contributed by atoms with van der Waals surface area (Å²) in [7, 11) is 1.92. The molecule has 1 aromatic carbocycles. The molecule has 1 atom stereocenters. The predicted molar refractivity (Wildman–Crippen MR) is 81.6 cm³/mol. The van der Waals surface area contributed by atoms with Gasteiger partial charge in [0.25, 0.3) is 0 Å². The van der Waals surface area contributed by atoms with E-state index in [4.69, 9.17) is 0 Å². The number of rotatable bonds is 4. The van der Waals surface area contributed by atoms with Crippen molar-refractivity contribution in [1.82, 2.24) is 5.32 Å². The van der Waals surface area contributed by atoms with Crippen LogP contribution >= 0.6 is 43.2 Å². The fraction of sp³-hybridized carbons (Fsp3) is 0.231. The Bertz CT molecular complexity index is 542. The van der Waals surface area contributed by atoms with Crippen molar-refractivity contribution in [1.29, 1.82) is 0 Å². The van der Waals surface area contributed by atoms with Crippen LogP contribution in [0.5, 0.6) is 0 Å². The van der Waals surface area contributed by atoms with Crippen LogP contribution in [0, 0.1) is 5.82 Å². The van der Waals surface area contributed by atoms with Gasteiger partial charge in [-0.25, -0.2) is 4.39 Å². The third-order valence-corrected chi connectivity index (χ3v) is 4.98. The minimum atomic E-state index is -0.229. The summed E-state index contributed by atoms with van der Waals surface area (Å²) in [6.07, 6.45) is 0.894. The highest BCUT2D eigenvalue weighted by Crippen LogP contribution is 2.28. The molecule has 2 rings (SSSR count). The van der Waals surface area contributed by atoms with Gasteiger partial charge in [-0.05, 0) is 68.7 Å². The van der Waals surface area contributed by atoms with E-state index >= 15 is 0 Å². The number of nitrogens with one attached hydrogen (secondary N) is 1. The summed E-state index contributed by atoms with van der Waals surface area (Å²) >= 11 is 8.41. The zero-order chi connectivity index (χ0) is 13.1. The Morgan fingerprint density at radius 3 is 2.61 bits per heavy atom. The summed E-state index contributed by atoms with van der Waals surface area (Å²) in [5.41, 5.74) is 1.08. The number of halogens is 3. The largest absolute Gasteiger partial charge is 0.313 e. The number of hydrogen-bond donors (Lipinski definition) is 1. The molecule has 0 radical (unpaired) electrons. The second-order valence-electron chi connectivity index (χ2n) is 3.92. The summed E-state index contributed by atoms with van der Waals surface area (Å²) in [6.45, 7) is 0. The lowest BCUT2D eigenvalue weighted by atomic mass is 10.0. The third-order valence-electron chi connectivity index (χ3n) is 2.73. The van der Waals surface area contributed by atoms with Gasteiger partial charge >= 0.3 is 0 Å². The van der Waals surface area contributed by atoms with E-state index in [1.165, 1.54) is 10.9 Å². The quantitative estimate of drug-likeness (QED) is 0.778. The average Bonchev–Trinajstić information content (AvgIpc) is 2.75. The molecule has 1 N–H and O–H groups in total. The van der Waals surface area contributed by atoms with Crippen LogP contribution < -0.4 is 5.32 Å². The van der Waals surface area contributed by atoms with Crippen molar-refractivity contribution in [2.45, 2.75) is 12.5 Å². The Morgan fingerprint density at radius 1 is 1.28 bits per heavy atom. The molecule has 0 aliphatic heterocycles. The molecule has 0 aliphatic carbocycles. The molecule has 2 aromatic rings. The van der Waals surface area contributed by atoms with Gasteiger partial charge in [-0.2, -0.15) is 0 Å². The molecule has 5 heteroatoms. The van der Waals surface area contributed by atoms with E-state index < -0.39 is 0 Å². The predicted octanol–water partition coefficient (Wildman–Crippen LogP) is 4.92. The number of likely N-dealkylation sites (N-methyl/N-ethyl adjacent to an activating group) is 1. The Morgan fingerprint density at radius 2 is 2.06 bits per heavy atom. The van der Waals surface area contributed by atoms with Gasteiger partial charge < -0.3 is 5.32 Å². The highest BCUT2D eigenvalue weighted by atomic mass is 79.9. The summed E-state index contributed by atoms with van der Waals surface area (Å²) in [6, 6.07) is 9.50. The normalized spacial score (nSPS) is 12.7.